The van der Waals surface area contributed by atoms with E-state index in [9.17, 15) is 39.8 Å². The highest BCUT2D eigenvalue weighted by Gasteiger charge is 2.51. The fourth-order valence-electron chi connectivity index (χ4n) is 8.18. The molecule has 0 spiro atoms. The molecule has 1 aliphatic carbocycles. The molecule has 1 rings (SSSR count). The van der Waals surface area contributed by atoms with E-state index >= 15 is 0 Å². The van der Waals surface area contributed by atoms with Gasteiger partial charge in [-0.1, -0.05) is 219 Å². The van der Waals surface area contributed by atoms with Crippen molar-refractivity contribution in [2.24, 2.45) is 0 Å². The molecule has 0 aromatic carbocycles. The van der Waals surface area contributed by atoms with E-state index in [1.165, 1.54) is 173 Å². The highest BCUT2D eigenvalue weighted by molar-refractivity contribution is 7.47. The second-order valence-electron chi connectivity index (χ2n) is 18.0. The van der Waals surface area contributed by atoms with Gasteiger partial charge in [-0.15, -0.1) is 0 Å². The summed E-state index contributed by atoms with van der Waals surface area (Å²) in [5.41, 5.74) is 0. The summed E-state index contributed by atoms with van der Waals surface area (Å²) < 4.78 is 34.2. The summed E-state index contributed by atoms with van der Waals surface area (Å²) in [5.74, 6) is -0.469. The van der Waals surface area contributed by atoms with Gasteiger partial charge in [0.15, 0.2) is 0 Å². The van der Waals surface area contributed by atoms with Crippen molar-refractivity contribution in [3.8, 4) is 0 Å². The topological polar surface area (TPSA) is 192 Å². The van der Waals surface area contributed by atoms with E-state index in [2.05, 4.69) is 13.8 Å². The Bertz CT molecular complexity index is 1020. The lowest BCUT2D eigenvalue weighted by Crippen LogP contribution is -2.64. The third kappa shape index (κ3) is 31.8. The van der Waals surface area contributed by atoms with E-state index in [1.54, 1.807) is 0 Å². The minimum atomic E-state index is -5.01. The van der Waals surface area contributed by atoms with Gasteiger partial charge < -0.3 is 39.9 Å². The van der Waals surface area contributed by atoms with E-state index in [0.717, 1.165) is 38.5 Å². The van der Waals surface area contributed by atoms with Crippen LogP contribution in [0.5, 0.6) is 0 Å². The van der Waals surface area contributed by atoms with E-state index in [4.69, 9.17) is 18.5 Å². The lowest BCUT2D eigenvalue weighted by molar-refractivity contribution is -0.220. The summed E-state index contributed by atoms with van der Waals surface area (Å²) in [5, 5.41) is 50.2. The molecule has 0 aliphatic heterocycles. The van der Waals surface area contributed by atoms with E-state index in [1.807, 2.05) is 0 Å². The fourth-order valence-corrected chi connectivity index (χ4v) is 9.15. The molecule has 0 heterocycles. The van der Waals surface area contributed by atoms with E-state index < -0.39 is 63.1 Å². The van der Waals surface area contributed by atoms with Crippen LogP contribution < -0.4 is 0 Å². The molecule has 13 heteroatoms. The number of phosphoric acid groups is 1. The predicted molar refractivity (Wildman–Crippen MR) is 244 cm³/mol. The maximum atomic E-state index is 12.8. The highest BCUT2D eigenvalue weighted by atomic mass is 31.2. The summed E-state index contributed by atoms with van der Waals surface area (Å²) in [7, 11) is -5.01. The van der Waals surface area contributed by atoms with Crippen molar-refractivity contribution in [1.82, 2.24) is 0 Å². The predicted octanol–water partition coefficient (Wildman–Crippen LogP) is 10.9. The van der Waals surface area contributed by atoms with Gasteiger partial charge in [-0.25, -0.2) is 4.57 Å². The number of ether oxygens (including phenoxy) is 2. The number of phosphoric ester groups is 1. The van der Waals surface area contributed by atoms with Crippen molar-refractivity contribution in [1.29, 1.82) is 0 Å². The average Bonchev–Trinajstić information content (AvgIpc) is 3.24. The van der Waals surface area contributed by atoms with Gasteiger partial charge in [0.25, 0.3) is 0 Å². The maximum absolute atomic E-state index is 12.8. The second kappa shape index (κ2) is 39.7. The van der Waals surface area contributed by atoms with Crippen LogP contribution in [-0.4, -0.2) is 98.9 Å². The second-order valence-corrected chi connectivity index (χ2v) is 19.4. The molecule has 0 bridgehead atoms. The van der Waals surface area contributed by atoms with Gasteiger partial charge in [-0.05, 0) is 12.8 Å². The summed E-state index contributed by atoms with van der Waals surface area (Å²) >= 11 is 0. The molecule has 0 aromatic rings. The molecule has 6 atom stereocenters. The minimum Gasteiger partial charge on any atom is -0.457 e. The third-order valence-corrected chi connectivity index (χ3v) is 13.2. The van der Waals surface area contributed by atoms with Gasteiger partial charge in [-0.3, -0.25) is 13.8 Å². The first-order valence-corrected chi connectivity index (χ1v) is 26.9. The van der Waals surface area contributed by atoms with Crippen molar-refractivity contribution in [2.75, 3.05) is 19.8 Å². The van der Waals surface area contributed by atoms with Gasteiger partial charge in [0.1, 0.15) is 42.7 Å². The summed E-state index contributed by atoms with van der Waals surface area (Å²) in [4.78, 5) is 23.2. The smallest absolute Gasteiger partial charge is 0.457 e. The number of esters is 1. The Morgan fingerprint density at radius 2 is 0.770 bits per heavy atom. The van der Waals surface area contributed by atoms with Crippen LogP contribution in [0, 0.1) is 0 Å². The van der Waals surface area contributed by atoms with Crippen LogP contribution in [0.1, 0.15) is 239 Å². The number of aliphatic hydroxyl groups excluding tert-OH is 5. The average molecular weight is 895 g/mol. The summed E-state index contributed by atoms with van der Waals surface area (Å²) in [6.07, 6.45) is 30.3. The Morgan fingerprint density at radius 1 is 0.459 bits per heavy atom. The molecule has 0 saturated heterocycles. The van der Waals surface area contributed by atoms with Gasteiger partial charge >= 0.3 is 13.8 Å². The Morgan fingerprint density at radius 3 is 1.13 bits per heavy atom. The SMILES string of the molecule is CCCCCCCCCCCCCCCCCCCCCCCC(=O)OC(COCCCCCCCCCCCCCCC)COP(=O)(O)OC1C(O)C(O)C(O)C(O)C1O. The first kappa shape index (κ1) is 58.4. The Kier molecular flexibility index (Phi) is 38.0. The lowest BCUT2D eigenvalue weighted by atomic mass is 9.85. The van der Waals surface area contributed by atoms with Crippen LogP contribution in [0.4, 0.5) is 0 Å². The minimum absolute atomic E-state index is 0.0679. The van der Waals surface area contributed by atoms with Crippen LogP contribution in [0.15, 0.2) is 0 Å². The van der Waals surface area contributed by atoms with Crippen LogP contribution in [-0.2, 0) is 27.9 Å². The number of carbonyl (C=O) groups is 1. The van der Waals surface area contributed by atoms with Crippen LogP contribution in [0.2, 0.25) is 0 Å². The van der Waals surface area contributed by atoms with E-state index in [0.29, 0.717) is 13.0 Å². The molecular weight excluding hydrogens is 799 g/mol. The van der Waals surface area contributed by atoms with Crippen molar-refractivity contribution in [3.63, 3.8) is 0 Å². The zero-order valence-electron chi connectivity index (χ0n) is 39.0. The molecule has 0 radical (unpaired) electrons. The highest BCUT2D eigenvalue weighted by Crippen LogP contribution is 2.47. The van der Waals surface area contributed by atoms with Gasteiger partial charge in [0, 0.05) is 13.0 Å². The summed E-state index contributed by atoms with van der Waals surface area (Å²) in [6.45, 7) is 4.31. The number of hydrogen-bond acceptors (Lipinski definition) is 11. The monoisotopic (exact) mass is 895 g/mol. The Labute approximate surface area is 372 Å². The van der Waals surface area contributed by atoms with Crippen molar-refractivity contribution in [3.05, 3.63) is 0 Å². The third-order valence-electron chi connectivity index (χ3n) is 12.2. The number of rotatable bonds is 44. The number of carbonyl (C=O) groups excluding carboxylic acids is 1. The molecule has 364 valence electrons. The van der Waals surface area contributed by atoms with E-state index in [-0.39, 0.29) is 13.0 Å². The number of unbranched alkanes of at least 4 members (excludes halogenated alkanes) is 32. The Hall–Kier alpha value is -0.660. The Balaban J connectivity index is 2.30. The first-order chi connectivity index (χ1) is 29.5. The van der Waals surface area contributed by atoms with Gasteiger partial charge in [-0.2, -0.15) is 0 Å². The molecule has 0 amide bonds. The molecule has 1 aliphatic rings. The van der Waals surface area contributed by atoms with Crippen LogP contribution in [0.25, 0.3) is 0 Å². The lowest BCUT2D eigenvalue weighted by Gasteiger charge is -2.41. The zero-order valence-corrected chi connectivity index (χ0v) is 39.9. The molecule has 1 fully saturated rings. The van der Waals surface area contributed by atoms with Crippen molar-refractivity contribution >= 4 is 13.8 Å². The van der Waals surface area contributed by atoms with Gasteiger partial charge in [0.05, 0.1) is 13.2 Å². The number of hydrogen-bond donors (Lipinski definition) is 6. The van der Waals surface area contributed by atoms with Gasteiger partial charge in [0.2, 0.25) is 0 Å². The molecule has 61 heavy (non-hydrogen) atoms. The molecular formula is C48H95O12P. The first-order valence-electron chi connectivity index (χ1n) is 25.4. The van der Waals surface area contributed by atoms with Crippen LogP contribution in [0.3, 0.4) is 0 Å². The number of aliphatic hydroxyl groups is 5. The van der Waals surface area contributed by atoms with Crippen molar-refractivity contribution < 1.29 is 58.3 Å². The quantitative estimate of drug-likeness (QED) is 0.0193. The summed E-state index contributed by atoms with van der Waals surface area (Å²) in [6, 6.07) is 0. The normalized spacial score (nSPS) is 22.0. The van der Waals surface area contributed by atoms with Crippen LogP contribution >= 0.6 is 7.82 Å². The molecule has 6 N–H and O–H groups in total. The molecule has 12 nitrogen and oxygen atoms in total. The largest absolute Gasteiger partial charge is 0.472 e. The van der Waals surface area contributed by atoms with Crippen molar-refractivity contribution in [2.45, 2.75) is 281 Å². The molecule has 0 aromatic heterocycles. The maximum Gasteiger partial charge on any atom is 0.472 e. The molecule has 1 saturated carbocycles. The molecule has 6 unspecified atom stereocenters. The zero-order chi connectivity index (χ0) is 44.8. The fraction of sp³-hybridized carbons (Fsp3) is 0.979. The standard InChI is InChI=1S/C48H95O12P/c1-3-5-7-9-11-13-15-17-18-19-20-21-22-23-24-25-27-29-31-33-35-37-42(49)59-41(39-57-38-36-34-32-30-28-26-16-14-12-10-8-6-4-2)40-58-61(55,56)60-48-46(53)44(51)43(50)45(52)47(48)54/h41,43-48,50-54H,3-40H2,1-2H3,(H,55,56).